The fraction of sp³-hybridized carbons (Fsp3) is 0.292. The lowest BCUT2D eigenvalue weighted by Crippen LogP contribution is -2.02. The minimum atomic E-state index is 0.457. The van der Waals surface area contributed by atoms with E-state index in [1.807, 2.05) is 6.21 Å². The van der Waals surface area contributed by atoms with Crippen molar-refractivity contribution in [2.24, 2.45) is 11.0 Å². The first-order valence-electron chi connectivity index (χ1n) is 9.23. The molecule has 3 rings (SSSR count). The van der Waals surface area contributed by atoms with Crippen LogP contribution in [0.5, 0.6) is 0 Å². The number of nitrogens with zero attached hydrogens (tertiary/aromatic N) is 1. The van der Waals surface area contributed by atoms with Gasteiger partial charge < -0.3 is 0 Å². The molecule has 0 bridgehead atoms. The van der Waals surface area contributed by atoms with Crippen LogP contribution in [-0.4, -0.2) is 6.21 Å². The zero-order chi connectivity index (χ0) is 18.8. The fourth-order valence-electron chi connectivity index (χ4n) is 3.94. The molecule has 0 aliphatic heterocycles. The van der Waals surface area contributed by atoms with Crippen LogP contribution in [-0.2, 0) is 0 Å². The first-order chi connectivity index (χ1) is 12.4. The van der Waals surface area contributed by atoms with Gasteiger partial charge in [-0.2, -0.15) is 5.10 Å². The summed E-state index contributed by atoms with van der Waals surface area (Å²) in [5.74, 6) is 0.457. The molecule has 2 heteroatoms. The van der Waals surface area contributed by atoms with Crippen LogP contribution in [0.1, 0.15) is 48.6 Å². The van der Waals surface area contributed by atoms with Gasteiger partial charge in [0.25, 0.3) is 0 Å². The van der Waals surface area contributed by atoms with Crippen molar-refractivity contribution < 1.29 is 0 Å². The number of nitrogens with one attached hydrogen (secondary N) is 1. The van der Waals surface area contributed by atoms with Gasteiger partial charge >= 0.3 is 0 Å². The fourth-order valence-corrected chi connectivity index (χ4v) is 3.94. The van der Waals surface area contributed by atoms with Crippen LogP contribution in [0.3, 0.4) is 0 Å². The predicted octanol–water partition coefficient (Wildman–Crippen LogP) is 6.43. The number of rotatable bonds is 4. The van der Waals surface area contributed by atoms with Gasteiger partial charge in [0.05, 0.1) is 11.9 Å². The van der Waals surface area contributed by atoms with Gasteiger partial charge in [-0.25, -0.2) is 0 Å². The molecule has 0 spiro atoms. The molecule has 134 valence electrons. The van der Waals surface area contributed by atoms with Crippen LogP contribution < -0.4 is 5.43 Å². The third-order valence-corrected chi connectivity index (χ3v) is 5.29. The van der Waals surface area contributed by atoms with Crippen LogP contribution >= 0.6 is 0 Å². The maximum Gasteiger partial charge on any atom is 0.0620 e. The van der Waals surface area contributed by atoms with E-state index in [1.54, 1.807) is 0 Å². The molecule has 26 heavy (non-hydrogen) atoms. The molecule has 0 saturated carbocycles. The Balaban J connectivity index is 1.89. The summed E-state index contributed by atoms with van der Waals surface area (Å²) in [6, 6.07) is 12.9. The van der Waals surface area contributed by atoms with Crippen molar-refractivity contribution in [1.82, 2.24) is 0 Å². The molecular formula is C24H28N2. The van der Waals surface area contributed by atoms with Crippen molar-refractivity contribution in [2.75, 3.05) is 5.43 Å². The second-order valence-corrected chi connectivity index (χ2v) is 7.44. The zero-order valence-corrected chi connectivity index (χ0v) is 16.6. The van der Waals surface area contributed by atoms with Crippen molar-refractivity contribution >= 4 is 17.5 Å². The SMILES string of the molecule is CC1=CC(C)=C(c2ccccc2/C=N/Nc2c(C)cc(C)cc2C)C1C. The molecule has 2 nitrogen and oxygen atoms in total. The summed E-state index contributed by atoms with van der Waals surface area (Å²) in [6.07, 6.45) is 4.24. The minimum Gasteiger partial charge on any atom is -0.278 e. The van der Waals surface area contributed by atoms with Crippen molar-refractivity contribution in [3.05, 3.63) is 81.4 Å². The van der Waals surface area contributed by atoms with E-state index in [0.29, 0.717) is 5.92 Å². The highest BCUT2D eigenvalue weighted by Gasteiger charge is 2.21. The summed E-state index contributed by atoms with van der Waals surface area (Å²) < 4.78 is 0. The van der Waals surface area contributed by atoms with Gasteiger partial charge in [0, 0.05) is 11.5 Å². The lowest BCUT2D eigenvalue weighted by Gasteiger charge is -2.15. The maximum atomic E-state index is 4.55. The molecule has 0 heterocycles. The number of benzene rings is 2. The smallest absolute Gasteiger partial charge is 0.0620 e. The van der Waals surface area contributed by atoms with Crippen LogP contribution in [0.2, 0.25) is 0 Å². The van der Waals surface area contributed by atoms with E-state index in [9.17, 15) is 0 Å². The molecule has 1 aliphatic carbocycles. The molecule has 0 amide bonds. The molecule has 1 atom stereocenters. The summed E-state index contributed by atoms with van der Waals surface area (Å²) in [6.45, 7) is 13.1. The quantitative estimate of drug-likeness (QED) is 0.502. The third-order valence-electron chi connectivity index (χ3n) is 5.29. The van der Waals surface area contributed by atoms with E-state index < -0.39 is 0 Å². The van der Waals surface area contributed by atoms with Crippen molar-refractivity contribution in [1.29, 1.82) is 0 Å². The van der Waals surface area contributed by atoms with E-state index in [0.717, 1.165) is 11.3 Å². The lowest BCUT2D eigenvalue weighted by molar-refractivity contribution is 0.901. The summed E-state index contributed by atoms with van der Waals surface area (Å²) in [7, 11) is 0. The number of anilines is 1. The minimum absolute atomic E-state index is 0.457. The Bertz CT molecular complexity index is 906. The molecule has 0 aromatic heterocycles. The normalized spacial score (nSPS) is 17.2. The van der Waals surface area contributed by atoms with Crippen LogP contribution in [0.25, 0.3) is 5.57 Å². The molecule has 0 saturated heterocycles. The van der Waals surface area contributed by atoms with Gasteiger partial charge in [0.15, 0.2) is 0 Å². The highest BCUT2D eigenvalue weighted by Crippen LogP contribution is 2.39. The summed E-state index contributed by atoms with van der Waals surface area (Å²) in [5.41, 5.74) is 14.7. The Hall–Kier alpha value is -2.61. The van der Waals surface area contributed by atoms with Gasteiger partial charge in [-0.1, -0.05) is 60.5 Å². The van der Waals surface area contributed by atoms with E-state index in [2.05, 4.69) is 94.5 Å². The Morgan fingerprint density at radius 2 is 1.62 bits per heavy atom. The van der Waals surface area contributed by atoms with Crippen molar-refractivity contribution in [3.63, 3.8) is 0 Å². The Morgan fingerprint density at radius 1 is 0.962 bits per heavy atom. The molecule has 1 N–H and O–H groups in total. The van der Waals surface area contributed by atoms with Gasteiger partial charge in [0.1, 0.15) is 0 Å². The van der Waals surface area contributed by atoms with E-state index in [1.165, 1.54) is 39.0 Å². The number of hydrazone groups is 1. The Labute approximate surface area is 157 Å². The Morgan fingerprint density at radius 3 is 2.23 bits per heavy atom. The summed E-state index contributed by atoms with van der Waals surface area (Å²) in [5, 5.41) is 4.55. The van der Waals surface area contributed by atoms with Crippen LogP contribution in [0, 0.1) is 26.7 Å². The first-order valence-corrected chi connectivity index (χ1v) is 9.23. The predicted molar refractivity (Wildman–Crippen MR) is 114 cm³/mol. The third kappa shape index (κ3) is 3.50. The highest BCUT2D eigenvalue weighted by molar-refractivity contribution is 5.91. The van der Waals surface area contributed by atoms with Gasteiger partial charge in [-0.3, -0.25) is 5.43 Å². The average molecular weight is 345 g/mol. The van der Waals surface area contributed by atoms with Crippen LogP contribution in [0.4, 0.5) is 5.69 Å². The monoisotopic (exact) mass is 344 g/mol. The van der Waals surface area contributed by atoms with Gasteiger partial charge in [-0.15, -0.1) is 0 Å². The standard InChI is InChI=1S/C24H28N2/c1-15-11-18(4)24(19(5)12-15)26-25-14-21-9-7-8-10-22(21)23-17(3)13-16(2)20(23)6/h7-14,20,26H,1-6H3/b25-14+. The molecular weight excluding hydrogens is 316 g/mol. The molecule has 1 unspecified atom stereocenters. The largest absolute Gasteiger partial charge is 0.278 e. The topological polar surface area (TPSA) is 24.4 Å². The molecule has 2 aromatic rings. The zero-order valence-electron chi connectivity index (χ0n) is 16.6. The maximum absolute atomic E-state index is 4.55. The number of aryl methyl sites for hydroxylation is 3. The number of hydrogen-bond donors (Lipinski definition) is 1. The van der Waals surface area contributed by atoms with Crippen molar-refractivity contribution in [3.8, 4) is 0 Å². The van der Waals surface area contributed by atoms with Gasteiger partial charge in [-0.05, 0) is 62.5 Å². The molecule has 0 radical (unpaired) electrons. The number of hydrogen-bond acceptors (Lipinski definition) is 2. The second-order valence-electron chi connectivity index (χ2n) is 7.44. The molecule has 2 aromatic carbocycles. The van der Waals surface area contributed by atoms with Crippen LogP contribution in [0.15, 0.2) is 58.7 Å². The van der Waals surface area contributed by atoms with Gasteiger partial charge in [0.2, 0.25) is 0 Å². The second kappa shape index (κ2) is 7.33. The lowest BCUT2D eigenvalue weighted by atomic mass is 9.89. The first kappa shape index (κ1) is 18.2. The van der Waals surface area contributed by atoms with Crippen molar-refractivity contribution in [2.45, 2.75) is 41.5 Å². The van der Waals surface area contributed by atoms with E-state index >= 15 is 0 Å². The average Bonchev–Trinajstić information content (AvgIpc) is 2.83. The summed E-state index contributed by atoms with van der Waals surface area (Å²) in [4.78, 5) is 0. The highest BCUT2D eigenvalue weighted by atomic mass is 15.3. The summed E-state index contributed by atoms with van der Waals surface area (Å²) >= 11 is 0. The van der Waals surface area contributed by atoms with E-state index in [-0.39, 0.29) is 0 Å². The molecule has 0 fully saturated rings. The Kier molecular flexibility index (Phi) is 5.13. The van der Waals surface area contributed by atoms with E-state index in [4.69, 9.17) is 0 Å². The molecule has 1 aliphatic rings. The number of allylic oxidation sites excluding steroid dienone is 4.